The molecular formula is C10H9NO3S. The van der Waals surface area contributed by atoms with Gasteiger partial charge in [-0.1, -0.05) is 18.2 Å². The van der Waals surface area contributed by atoms with E-state index in [4.69, 9.17) is 4.55 Å². The predicted molar refractivity (Wildman–Crippen MR) is 58.7 cm³/mol. The van der Waals surface area contributed by atoms with Crippen LogP contribution in [0.4, 0.5) is 0 Å². The lowest BCUT2D eigenvalue weighted by atomic mass is 9.95. The van der Waals surface area contributed by atoms with Gasteiger partial charge in [-0.3, -0.25) is 4.55 Å². The molecule has 0 radical (unpaired) electrons. The van der Waals surface area contributed by atoms with Crippen LogP contribution in [0.1, 0.15) is 0 Å². The highest BCUT2D eigenvalue weighted by molar-refractivity contribution is 7.86. The summed E-state index contributed by atoms with van der Waals surface area (Å²) in [6.07, 6.45) is 0. The van der Waals surface area contributed by atoms with Crippen molar-refractivity contribution in [2.75, 3.05) is 0 Å². The zero-order chi connectivity index (χ0) is 9.92. The molecule has 0 unspecified atom stereocenters. The van der Waals surface area contributed by atoms with Crippen LogP contribution in [0.2, 0.25) is 0 Å². The summed E-state index contributed by atoms with van der Waals surface area (Å²) in [5, 5.41) is 3.45. The van der Waals surface area contributed by atoms with Crippen LogP contribution in [0, 0.1) is 0 Å². The van der Waals surface area contributed by atoms with Crippen LogP contribution in [0.15, 0.2) is 35.2 Å². The van der Waals surface area contributed by atoms with E-state index >= 15 is 0 Å². The second-order valence-corrected chi connectivity index (χ2v) is 4.74. The normalized spacial score (nSPS) is 12.3. The first-order valence-electron chi connectivity index (χ1n) is 4.12. The van der Waals surface area contributed by atoms with E-state index in [0.717, 1.165) is 16.2 Å². The van der Waals surface area contributed by atoms with Crippen LogP contribution < -0.4 is 6.15 Å². The minimum Gasteiger partial charge on any atom is -0.344 e. The Balaban J connectivity index is 0.000000853. The molecule has 4 aromatic carbocycles. The number of hydrogen-bond acceptors (Lipinski definition) is 3. The molecule has 0 amide bonds. The van der Waals surface area contributed by atoms with Gasteiger partial charge < -0.3 is 6.15 Å². The molecule has 4 rings (SSSR count). The maximum absolute atomic E-state index is 11.0. The predicted octanol–water partition coefficient (Wildman–Crippen LogP) is 2.28. The van der Waals surface area contributed by atoms with E-state index in [0.29, 0.717) is 5.39 Å². The average molecular weight is 223 g/mol. The van der Waals surface area contributed by atoms with E-state index in [2.05, 4.69) is 0 Å². The Kier molecular flexibility index (Phi) is 1.88. The molecule has 0 atom stereocenters. The first-order chi connectivity index (χ1) is 6.57. The molecule has 4 N–H and O–H groups in total. The molecule has 5 heteroatoms. The van der Waals surface area contributed by atoms with Crippen molar-refractivity contribution in [3.63, 3.8) is 0 Å². The molecule has 4 bridgehead atoms. The minimum atomic E-state index is -4.10. The zero-order valence-corrected chi connectivity index (χ0v) is 8.58. The molecular weight excluding hydrogens is 214 g/mol. The smallest absolute Gasteiger partial charge is 0.295 e. The molecule has 15 heavy (non-hydrogen) atoms. The largest absolute Gasteiger partial charge is 0.344 e. The Morgan fingerprint density at radius 3 is 2.33 bits per heavy atom. The lowest BCUT2D eigenvalue weighted by Gasteiger charge is -2.14. The van der Waals surface area contributed by atoms with Crippen LogP contribution in [0.5, 0.6) is 0 Å². The second kappa shape index (κ2) is 2.79. The van der Waals surface area contributed by atoms with E-state index in [1.165, 1.54) is 6.07 Å². The maximum Gasteiger partial charge on any atom is 0.295 e. The highest BCUT2D eigenvalue weighted by Gasteiger charge is 2.20. The first-order valence-corrected chi connectivity index (χ1v) is 5.56. The molecule has 0 aliphatic rings. The SMILES string of the molecule is N.O=S(=O)(O)c1cc2cccc3c1cc23. The van der Waals surface area contributed by atoms with E-state index in [-0.39, 0.29) is 11.0 Å². The van der Waals surface area contributed by atoms with Gasteiger partial charge in [0.2, 0.25) is 0 Å². The summed E-state index contributed by atoms with van der Waals surface area (Å²) in [5.41, 5.74) is 0. The molecule has 4 nitrogen and oxygen atoms in total. The van der Waals surface area contributed by atoms with Crippen molar-refractivity contribution in [2.45, 2.75) is 4.90 Å². The monoisotopic (exact) mass is 223 g/mol. The van der Waals surface area contributed by atoms with E-state index < -0.39 is 10.1 Å². The van der Waals surface area contributed by atoms with Gasteiger partial charge >= 0.3 is 0 Å². The van der Waals surface area contributed by atoms with Crippen LogP contribution in [0.3, 0.4) is 0 Å². The van der Waals surface area contributed by atoms with Crippen LogP contribution in [0.25, 0.3) is 21.5 Å². The Labute approximate surface area is 86.5 Å². The molecule has 4 aromatic rings. The fourth-order valence-electron chi connectivity index (χ4n) is 1.89. The molecule has 78 valence electrons. The Hall–Kier alpha value is -1.43. The van der Waals surface area contributed by atoms with Gasteiger partial charge in [0.15, 0.2) is 0 Å². The van der Waals surface area contributed by atoms with Crippen molar-refractivity contribution in [3.05, 3.63) is 30.3 Å². The van der Waals surface area contributed by atoms with E-state index in [1.807, 2.05) is 18.2 Å². The molecule has 0 aromatic heterocycles. The Morgan fingerprint density at radius 1 is 1.00 bits per heavy atom. The molecule has 0 aliphatic heterocycles. The molecule has 0 saturated carbocycles. The van der Waals surface area contributed by atoms with E-state index in [1.54, 1.807) is 6.07 Å². The zero-order valence-electron chi connectivity index (χ0n) is 7.77. The number of benzene rings is 3. The number of rotatable bonds is 1. The van der Waals surface area contributed by atoms with Crippen molar-refractivity contribution < 1.29 is 13.0 Å². The van der Waals surface area contributed by atoms with Gasteiger partial charge in [0.05, 0.1) is 0 Å². The summed E-state index contributed by atoms with van der Waals surface area (Å²) in [7, 11) is -4.10. The van der Waals surface area contributed by atoms with Crippen molar-refractivity contribution in [2.24, 2.45) is 0 Å². The summed E-state index contributed by atoms with van der Waals surface area (Å²) < 4.78 is 31.0. The van der Waals surface area contributed by atoms with Crippen molar-refractivity contribution in [1.82, 2.24) is 6.15 Å². The third-order valence-corrected chi connectivity index (χ3v) is 3.44. The summed E-state index contributed by atoms with van der Waals surface area (Å²) in [6, 6.07) is 8.85. The van der Waals surface area contributed by atoms with Gasteiger partial charge in [0, 0.05) is 5.39 Å². The van der Waals surface area contributed by atoms with Crippen LogP contribution in [-0.4, -0.2) is 13.0 Å². The molecule has 0 aliphatic carbocycles. The summed E-state index contributed by atoms with van der Waals surface area (Å²) in [4.78, 5) is 0.0121. The quantitative estimate of drug-likeness (QED) is 0.619. The van der Waals surface area contributed by atoms with Gasteiger partial charge in [0.25, 0.3) is 10.1 Å². The highest BCUT2D eigenvalue weighted by atomic mass is 32.2. The average Bonchev–Trinajstić information content (AvgIpc) is 2.07. The summed E-state index contributed by atoms with van der Waals surface area (Å²) in [5.74, 6) is 0. The lowest BCUT2D eigenvalue weighted by Crippen LogP contribution is -2.01. The summed E-state index contributed by atoms with van der Waals surface area (Å²) >= 11 is 0. The van der Waals surface area contributed by atoms with Crippen molar-refractivity contribution >= 4 is 31.7 Å². The highest BCUT2D eigenvalue weighted by Crippen LogP contribution is 2.37. The van der Waals surface area contributed by atoms with Crippen molar-refractivity contribution in [3.8, 4) is 0 Å². The molecule has 0 heterocycles. The number of hydrogen-bond donors (Lipinski definition) is 2. The van der Waals surface area contributed by atoms with Crippen LogP contribution in [-0.2, 0) is 10.1 Å². The molecule has 0 saturated heterocycles. The number of fused-ring (bicyclic) bond motifs is 1. The third-order valence-electron chi connectivity index (χ3n) is 2.55. The Bertz CT molecular complexity index is 689. The van der Waals surface area contributed by atoms with Gasteiger partial charge in [-0.2, -0.15) is 8.42 Å². The Morgan fingerprint density at radius 2 is 1.73 bits per heavy atom. The van der Waals surface area contributed by atoms with E-state index in [9.17, 15) is 8.42 Å². The first kappa shape index (κ1) is 10.1. The lowest BCUT2D eigenvalue weighted by molar-refractivity contribution is 0.484. The van der Waals surface area contributed by atoms with Gasteiger partial charge in [-0.15, -0.1) is 0 Å². The molecule has 0 spiro atoms. The van der Waals surface area contributed by atoms with Crippen LogP contribution >= 0.6 is 0 Å². The van der Waals surface area contributed by atoms with Gasteiger partial charge in [-0.05, 0) is 28.3 Å². The summed E-state index contributed by atoms with van der Waals surface area (Å²) in [6.45, 7) is 0. The fraction of sp³-hybridized carbons (Fsp3) is 0. The third kappa shape index (κ3) is 1.18. The standard InChI is InChI=1S/C10H6O3S.H3N/c11-14(12,13)10-4-6-2-1-3-7-8(6)5-9(7)10;/h1-5H,(H,11,12,13);1H3. The van der Waals surface area contributed by atoms with Crippen molar-refractivity contribution in [1.29, 1.82) is 0 Å². The second-order valence-electron chi connectivity index (χ2n) is 3.35. The minimum absolute atomic E-state index is 0. The fourth-order valence-corrected chi connectivity index (χ4v) is 2.61. The van der Waals surface area contributed by atoms with Gasteiger partial charge in [-0.25, -0.2) is 0 Å². The molecule has 0 fully saturated rings. The maximum atomic E-state index is 11.0. The topological polar surface area (TPSA) is 89.4 Å². The van der Waals surface area contributed by atoms with Gasteiger partial charge in [0.1, 0.15) is 4.90 Å².